The average molecular weight is 396 g/mol. The van der Waals surface area contributed by atoms with Crippen LogP contribution in [0.3, 0.4) is 0 Å². The zero-order chi connectivity index (χ0) is 20.2. The Morgan fingerprint density at radius 2 is 1.86 bits per heavy atom. The molecule has 1 aromatic carbocycles. The Kier molecular flexibility index (Phi) is 6.06. The van der Waals surface area contributed by atoms with Crippen molar-refractivity contribution in [3.63, 3.8) is 0 Å². The van der Waals surface area contributed by atoms with E-state index in [1.54, 1.807) is 0 Å². The molecular weight excluding hydrogens is 366 g/mol. The van der Waals surface area contributed by atoms with Crippen LogP contribution in [0, 0.1) is 0 Å². The molecular formula is C22H29N5O2. The van der Waals surface area contributed by atoms with Crippen LogP contribution >= 0.6 is 0 Å². The standard InChI is InChI=1S/C22H29N5O2/c1-2-23-21-20-18(14-17(15-19(20)29)16-6-4-3-5-7-16)24-22(25-21)27-10-8-26(9-11-27)12-13-28/h3-7,17,28H,2,8-15H2,1H3,(H,23,24,25). The lowest BCUT2D eigenvalue weighted by molar-refractivity contribution is 0.0963. The van der Waals surface area contributed by atoms with E-state index < -0.39 is 0 Å². The van der Waals surface area contributed by atoms with Gasteiger partial charge in [-0.25, -0.2) is 4.98 Å². The van der Waals surface area contributed by atoms with Crippen LogP contribution in [0.25, 0.3) is 0 Å². The minimum atomic E-state index is 0.121. The largest absolute Gasteiger partial charge is 0.395 e. The second kappa shape index (κ2) is 8.88. The van der Waals surface area contributed by atoms with Gasteiger partial charge in [0.05, 0.1) is 17.9 Å². The number of ketones is 1. The minimum Gasteiger partial charge on any atom is -0.395 e. The van der Waals surface area contributed by atoms with Gasteiger partial charge in [-0.15, -0.1) is 0 Å². The number of β-amino-alcohol motifs (C(OH)–C–C–N with tert-alkyl or cyclic N) is 1. The Morgan fingerprint density at radius 3 is 2.55 bits per heavy atom. The van der Waals surface area contributed by atoms with Gasteiger partial charge in [-0.2, -0.15) is 4.98 Å². The van der Waals surface area contributed by atoms with Crippen LogP contribution in [0.2, 0.25) is 0 Å². The molecule has 2 heterocycles. The molecule has 1 aliphatic heterocycles. The first-order valence-corrected chi connectivity index (χ1v) is 10.5. The number of Topliss-reactive ketones (excluding diaryl/α,β-unsaturated/α-hetero) is 1. The molecule has 1 atom stereocenters. The van der Waals surface area contributed by atoms with Crippen molar-refractivity contribution in [1.82, 2.24) is 14.9 Å². The van der Waals surface area contributed by atoms with Crippen LogP contribution in [0.4, 0.5) is 11.8 Å². The fraction of sp³-hybridized carbons (Fsp3) is 0.500. The quantitative estimate of drug-likeness (QED) is 0.773. The van der Waals surface area contributed by atoms with Crippen molar-refractivity contribution in [2.24, 2.45) is 0 Å². The van der Waals surface area contributed by atoms with Gasteiger partial charge in [0.1, 0.15) is 5.82 Å². The van der Waals surface area contributed by atoms with Gasteiger partial charge in [-0.3, -0.25) is 9.69 Å². The van der Waals surface area contributed by atoms with Gasteiger partial charge >= 0.3 is 0 Å². The van der Waals surface area contributed by atoms with E-state index in [1.165, 1.54) is 5.56 Å². The monoisotopic (exact) mass is 395 g/mol. The van der Waals surface area contributed by atoms with Gasteiger partial charge < -0.3 is 15.3 Å². The van der Waals surface area contributed by atoms with E-state index in [-0.39, 0.29) is 18.3 Å². The highest BCUT2D eigenvalue weighted by Crippen LogP contribution is 2.35. The molecule has 1 saturated heterocycles. The van der Waals surface area contributed by atoms with Crippen molar-refractivity contribution in [3.8, 4) is 0 Å². The Balaban J connectivity index is 1.63. The number of benzene rings is 1. The zero-order valence-corrected chi connectivity index (χ0v) is 17.0. The number of rotatable bonds is 6. The van der Waals surface area contributed by atoms with E-state index in [1.807, 2.05) is 25.1 Å². The smallest absolute Gasteiger partial charge is 0.227 e. The third-order valence-corrected chi connectivity index (χ3v) is 5.81. The average Bonchev–Trinajstić information content (AvgIpc) is 2.75. The van der Waals surface area contributed by atoms with Gasteiger partial charge in [-0.1, -0.05) is 30.3 Å². The van der Waals surface area contributed by atoms with E-state index >= 15 is 0 Å². The highest BCUT2D eigenvalue weighted by molar-refractivity contribution is 6.03. The third-order valence-electron chi connectivity index (χ3n) is 5.81. The SMILES string of the molecule is CCNc1nc(N2CCN(CCO)CC2)nc2c1C(=O)CC(c1ccccc1)C2. The first-order valence-electron chi connectivity index (χ1n) is 10.5. The molecule has 0 bridgehead atoms. The number of carbonyl (C=O) groups is 1. The van der Waals surface area contributed by atoms with Crippen LogP contribution in [0.1, 0.15) is 40.9 Å². The summed E-state index contributed by atoms with van der Waals surface area (Å²) in [7, 11) is 0. The molecule has 7 heteroatoms. The molecule has 2 aliphatic rings. The van der Waals surface area contributed by atoms with Crippen LogP contribution in [-0.4, -0.2) is 71.6 Å². The second-order valence-corrected chi connectivity index (χ2v) is 7.72. The Morgan fingerprint density at radius 1 is 1.10 bits per heavy atom. The molecule has 4 rings (SSSR count). The summed E-state index contributed by atoms with van der Waals surface area (Å²) in [6.07, 6.45) is 1.25. The van der Waals surface area contributed by atoms with Gasteiger partial charge in [0.15, 0.2) is 5.78 Å². The highest BCUT2D eigenvalue weighted by atomic mass is 16.3. The zero-order valence-electron chi connectivity index (χ0n) is 17.0. The molecule has 2 aromatic rings. The first kappa shape index (κ1) is 19.8. The first-order chi connectivity index (χ1) is 14.2. The normalized spacial score (nSPS) is 19.9. The van der Waals surface area contributed by atoms with Crippen molar-refractivity contribution < 1.29 is 9.90 Å². The van der Waals surface area contributed by atoms with Crippen molar-refractivity contribution in [3.05, 3.63) is 47.2 Å². The molecule has 0 saturated carbocycles. The molecule has 1 unspecified atom stereocenters. The van der Waals surface area contributed by atoms with Crippen LogP contribution in [0.15, 0.2) is 30.3 Å². The maximum absolute atomic E-state index is 13.0. The number of piperazine rings is 1. The summed E-state index contributed by atoms with van der Waals surface area (Å²) in [5, 5.41) is 12.4. The molecule has 0 radical (unpaired) electrons. The number of nitrogens with one attached hydrogen (secondary N) is 1. The van der Waals surface area contributed by atoms with E-state index in [4.69, 9.17) is 15.1 Å². The molecule has 2 N–H and O–H groups in total. The number of fused-ring (bicyclic) bond motifs is 1. The summed E-state index contributed by atoms with van der Waals surface area (Å²) in [5.41, 5.74) is 2.71. The Labute approximate surface area is 171 Å². The minimum absolute atomic E-state index is 0.121. The topological polar surface area (TPSA) is 81.6 Å². The summed E-state index contributed by atoms with van der Waals surface area (Å²) < 4.78 is 0. The molecule has 154 valence electrons. The molecule has 7 nitrogen and oxygen atoms in total. The van der Waals surface area contributed by atoms with E-state index in [0.717, 1.165) is 38.3 Å². The van der Waals surface area contributed by atoms with E-state index in [2.05, 4.69) is 27.2 Å². The fourth-order valence-electron chi connectivity index (χ4n) is 4.28. The van der Waals surface area contributed by atoms with Gasteiger partial charge in [-0.05, 0) is 24.8 Å². The fourth-order valence-corrected chi connectivity index (χ4v) is 4.28. The van der Waals surface area contributed by atoms with Crippen molar-refractivity contribution in [1.29, 1.82) is 0 Å². The molecule has 29 heavy (non-hydrogen) atoms. The van der Waals surface area contributed by atoms with Gasteiger partial charge in [0, 0.05) is 45.7 Å². The van der Waals surface area contributed by atoms with Crippen LogP contribution in [0.5, 0.6) is 0 Å². The van der Waals surface area contributed by atoms with Crippen molar-refractivity contribution in [2.45, 2.75) is 25.7 Å². The summed E-state index contributed by atoms with van der Waals surface area (Å²) >= 11 is 0. The summed E-state index contributed by atoms with van der Waals surface area (Å²) in [5.74, 6) is 1.65. The maximum atomic E-state index is 13.0. The molecule has 1 aliphatic carbocycles. The number of aliphatic hydroxyl groups excluding tert-OH is 1. The number of carbonyl (C=O) groups excluding carboxylic acids is 1. The molecule has 1 fully saturated rings. The van der Waals surface area contributed by atoms with Gasteiger partial charge in [0.25, 0.3) is 0 Å². The summed E-state index contributed by atoms with van der Waals surface area (Å²) in [6.45, 7) is 7.01. The number of aliphatic hydroxyl groups is 1. The molecule has 0 spiro atoms. The Bertz CT molecular complexity index is 850. The lowest BCUT2D eigenvalue weighted by atomic mass is 9.82. The summed E-state index contributed by atoms with van der Waals surface area (Å²) in [6, 6.07) is 10.2. The lowest BCUT2D eigenvalue weighted by Gasteiger charge is -2.35. The maximum Gasteiger partial charge on any atom is 0.227 e. The number of anilines is 2. The molecule has 1 aromatic heterocycles. The summed E-state index contributed by atoms with van der Waals surface area (Å²) in [4.78, 5) is 27.0. The predicted octanol–water partition coefficient (Wildman–Crippen LogP) is 1.94. The molecule has 0 amide bonds. The van der Waals surface area contributed by atoms with Crippen LogP contribution < -0.4 is 10.2 Å². The number of hydrogen-bond donors (Lipinski definition) is 2. The Hall–Kier alpha value is -2.51. The van der Waals surface area contributed by atoms with E-state index in [9.17, 15) is 4.79 Å². The second-order valence-electron chi connectivity index (χ2n) is 7.72. The predicted molar refractivity (Wildman–Crippen MR) is 114 cm³/mol. The van der Waals surface area contributed by atoms with Gasteiger partial charge in [0.2, 0.25) is 5.95 Å². The number of hydrogen-bond acceptors (Lipinski definition) is 7. The highest BCUT2D eigenvalue weighted by Gasteiger charge is 2.32. The number of aromatic nitrogens is 2. The number of nitrogens with zero attached hydrogens (tertiary/aromatic N) is 4. The van der Waals surface area contributed by atoms with E-state index in [0.29, 0.717) is 36.8 Å². The van der Waals surface area contributed by atoms with Crippen molar-refractivity contribution >= 4 is 17.5 Å². The van der Waals surface area contributed by atoms with Crippen molar-refractivity contribution in [2.75, 3.05) is 56.1 Å². The van der Waals surface area contributed by atoms with Crippen LogP contribution in [-0.2, 0) is 6.42 Å². The third kappa shape index (κ3) is 4.26. The lowest BCUT2D eigenvalue weighted by Crippen LogP contribution is -2.48.